The van der Waals surface area contributed by atoms with Crippen LogP contribution in [-0.4, -0.2) is 0 Å². The van der Waals surface area contributed by atoms with Crippen LogP contribution in [0.1, 0.15) is 98.7 Å². The van der Waals surface area contributed by atoms with Gasteiger partial charge in [0.05, 0.1) is 5.41 Å². The lowest BCUT2D eigenvalue weighted by Gasteiger charge is -2.35. The van der Waals surface area contributed by atoms with Gasteiger partial charge in [0, 0.05) is 17.1 Å². The second-order valence-corrected chi connectivity index (χ2v) is 20.0. The lowest BCUT2D eigenvalue weighted by atomic mass is 9.67. The van der Waals surface area contributed by atoms with Crippen molar-refractivity contribution in [2.75, 3.05) is 4.90 Å². The number of anilines is 3. The molecule has 2 atom stereocenters. The average molecular weight is 898 g/mol. The van der Waals surface area contributed by atoms with Gasteiger partial charge in [-0.3, -0.25) is 0 Å². The van der Waals surface area contributed by atoms with E-state index >= 15 is 0 Å². The lowest BCUT2D eigenvalue weighted by Crippen LogP contribution is -2.29. The van der Waals surface area contributed by atoms with Crippen molar-refractivity contribution in [1.29, 1.82) is 0 Å². The summed E-state index contributed by atoms with van der Waals surface area (Å²) < 4.78 is 6.56. The Hall–Kier alpha value is -7.42. The molecule has 0 fully saturated rings. The fourth-order valence-electron chi connectivity index (χ4n) is 10.8. The summed E-state index contributed by atoms with van der Waals surface area (Å²) in [6, 6.07) is 82.9. The van der Waals surface area contributed by atoms with E-state index in [2.05, 4.69) is 271 Å². The largest absolute Gasteiger partial charge is 0.489 e. The third-order valence-corrected chi connectivity index (χ3v) is 14.4. The van der Waals surface area contributed by atoms with Crippen LogP contribution in [-0.2, 0) is 12.0 Å². The van der Waals surface area contributed by atoms with Crippen LogP contribution in [0.15, 0.2) is 224 Å². The molecule has 1 aliphatic carbocycles. The number of fused-ring (bicyclic) bond motifs is 3. The van der Waals surface area contributed by atoms with E-state index in [4.69, 9.17) is 4.74 Å². The number of benzene rings is 9. The SMILES string of the molecule is CC(C)CC(c1ccc(COc2ccc(C3(c4ccc(C(C)C)cc4)c4ccccc4-c4ccc(N(c5ccc(-c6ccccc6)cc5)c5ccc(-c6ccccc6)cc5)cc43)cc2)cc1)C(C)C. The van der Waals surface area contributed by atoms with Crippen LogP contribution >= 0.6 is 0 Å². The van der Waals surface area contributed by atoms with Crippen LogP contribution in [0.25, 0.3) is 33.4 Å². The van der Waals surface area contributed by atoms with Crippen molar-refractivity contribution in [3.63, 3.8) is 0 Å². The topological polar surface area (TPSA) is 12.5 Å². The molecule has 0 N–H and O–H groups in total. The van der Waals surface area contributed by atoms with Crippen molar-refractivity contribution >= 4 is 17.1 Å². The highest BCUT2D eigenvalue weighted by Gasteiger charge is 2.46. The Bertz CT molecular complexity index is 3030. The van der Waals surface area contributed by atoms with Crippen LogP contribution in [0.5, 0.6) is 5.75 Å². The normalized spacial score (nSPS) is 14.4. The zero-order chi connectivity index (χ0) is 47.5. The molecule has 2 heteroatoms. The summed E-state index contributed by atoms with van der Waals surface area (Å²) in [6.45, 7) is 14.4. The maximum atomic E-state index is 6.56. The molecule has 69 heavy (non-hydrogen) atoms. The number of hydrogen-bond acceptors (Lipinski definition) is 2. The van der Waals surface area contributed by atoms with Crippen molar-refractivity contribution in [1.82, 2.24) is 0 Å². The molecule has 2 nitrogen and oxygen atoms in total. The molecule has 0 bridgehead atoms. The summed E-state index contributed by atoms with van der Waals surface area (Å²) in [7, 11) is 0. The van der Waals surface area contributed by atoms with E-state index < -0.39 is 5.41 Å². The summed E-state index contributed by atoms with van der Waals surface area (Å²) in [5.41, 5.74) is 18.9. The second-order valence-electron chi connectivity index (χ2n) is 20.0. The van der Waals surface area contributed by atoms with Gasteiger partial charge in [0.15, 0.2) is 0 Å². The van der Waals surface area contributed by atoms with E-state index in [-0.39, 0.29) is 0 Å². The van der Waals surface area contributed by atoms with Crippen molar-refractivity contribution in [2.24, 2.45) is 11.8 Å². The fraction of sp³-hybridized carbons (Fsp3) is 0.194. The first-order chi connectivity index (χ1) is 33.7. The van der Waals surface area contributed by atoms with E-state index in [1.807, 2.05) is 0 Å². The number of nitrogens with zero attached hydrogens (tertiary/aromatic N) is 1. The Morgan fingerprint density at radius 2 is 0.899 bits per heavy atom. The summed E-state index contributed by atoms with van der Waals surface area (Å²) in [4.78, 5) is 2.41. The first-order valence-electron chi connectivity index (χ1n) is 25.0. The molecular formula is C67H63NO. The molecule has 0 amide bonds. The average Bonchev–Trinajstić information content (AvgIpc) is 3.69. The third-order valence-electron chi connectivity index (χ3n) is 14.4. The molecule has 342 valence electrons. The molecule has 0 saturated carbocycles. The minimum Gasteiger partial charge on any atom is -0.489 e. The fourth-order valence-corrected chi connectivity index (χ4v) is 10.8. The summed E-state index contributed by atoms with van der Waals surface area (Å²) in [5, 5.41) is 0. The highest BCUT2D eigenvalue weighted by molar-refractivity contribution is 5.90. The highest BCUT2D eigenvalue weighted by Crippen LogP contribution is 2.57. The molecule has 10 rings (SSSR count). The van der Waals surface area contributed by atoms with Gasteiger partial charge in [0.25, 0.3) is 0 Å². The lowest BCUT2D eigenvalue weighted by molar-refractivity contribution is 0.306. The van der Waals surface area contributed by atoms with Crippen molar-refractivity contribution in [2.45, 2.75) is 71.8 Å². The smallest absolute Gasteiger partial charge is 0.119 e. The zero-order valence-corrected chi connectivity index (χ0v) is 40.9. The van der Waals surface area contributed by atoms with Crippen LogP contribution in [0.3, 0.4) is 0 Å². The summed E-state index contributed by atoms with van der Waals surface area (Å²) >= 11 is 0. The van der Waals surface area contributed by atoms with Crippen LogP contribution in [0.2, 0.25) is 0 Å². The zero-order valence-electron chi connectivity index (χ0n) is 40.9. The van der Waals surface area contributed by atoms with Gasteiger partial charge in [-0.1, -0.05) is 217 Å². The van der Waals surface area contributed by atoms with Gasteiger partial charge >= 0.3 is 0 Å². The van der Waals surface area contributed by atoms with Gasteiger partial charge < -0.3 is 9.64 Å². The number of rotatable bonds is 15. The van der Waals surface area contributed by atoms with Gasteiger partial charge in [0.1, 0.15) is 12.4 Å². The molecular weight excluding hydrogens is 835 g/mol. The van der Waals surface area contributed by atoms with Gasteiger partial charge in [-0.05, 0) is 151 Å². The van der Waals surface area contributed by atoms with Gasteiger partial charge in [-0.25, -0.2) is 0 Å². The minimum atomic E-state index is -0.602. The number of hydrogen-bond donors (Lipinski definition) is 0. The van der Waals surface area contributed by atoms with Crippen molar-refractivity contribution in [3.8, 4) is 39.1 Å². The van der Waals surface area contributed by atoms with Crippen LogP contribution in [0, 0.1) is 11.8 Å². The minimum absolute atomic E-state index is 0.421. The summed E-state index contributed by atoms with van der Waals surface area (Å²) in [5.74, 6) is 3.10. The molecule has 2 unspecified atom stereocenters. The monoisotopic (exact) mass is 897 g/mol. The molecule has 9 aromatic carbocycles. The van der Waals surface area contributed by atoms with E-state index in [1.165, 1.54) is 78.7 Å². The van der Waals surface area contributed by atoms with Crippen LogP contribution < -0.4 is 9.64 Å². The Morgan fingerprint density at radius 1 is 0.420 bits per heavy atom. The molecule has 0 spiro atoms. The Morgan fingerprint density at radius 3 is 1.43 bits per heavy atom. The Balaban J connectivity index is 1.07. The molecule has 0 radical (unpaired) electrons. The second kappa shape index (κ2) is 19.7. The summed E-state index contributed by atoms with van der Waals surface area (Å²) in [6.07, 6.45) is 1.20. The third kappa shape index (κ3) is 9.05. The van der Waals surface area contributed by atoms with E-state index in [9.17, 15) is 0 Å². The Kier molecular flexibility index (Phi) is 12.9. The maximum absolute atomic E-state index is 6.56. The van der Waals surface area contributed by atoms with Crippen LogP contribution in [0.4, 0.5) is 17.1 Å². The van der Waals surface area contributed by atoms with E-state index in [1.54, 1.807) is 0 Å². The molecule has 0 aliphatic heterocycles. The van der Waals surface area contributed by atoms with Crippen molar-refractivity contribution < 1.29 is 4.74 Å². The molecule has 0 aromatic heterocycles. The maximum Gasteiger partial charge on any atom is 0.119 e. The molecule has 0 heterocycles. The van der Waals surface area contributed by atoms with E-state index in [0.29, 0.717) is 30.3 Å². The Labute approximate surface area is 410 Å². The first kappa shape index (κ1) is 45.4. The first-order valence-corrected chi connectivity index (χ1v) is 25.0. The molecule has 1 aliphatic rings. The number of ether oxygens (including phenoxy) is 1. The van der Waals surface area contributed by atoms with Gasteiger partial charge in [-0.2, -0.15) is 0 Å². The van der Waals surface area contributed by atoms with E-state index in [0.717, 1.165) is 22.8 Å². The van der Waals surface area contributed by atoms with Gasteiger partial charge in [0.2, 0.25) is 0 Å². The molecule has 9 aromatic rings. The van der Waals surface area contributed by atoms with Crippen molar-refractivity contribution in [3.05, 3.63) is 263 Å². The highest BCUT2D eigenvalue weighted by atomic mass is 16.5. The predicted octanol–water partition coefficient (Wildman–Crippen LogP) is 18.3. The standard InChI is InChI=1S/C67H63NO/c1-46(2)43-64(48(5)6)55-23-21-49(22-24-55)45-69-61-40-33-57(34-41-61)67(56-31-25-50(26-32-56)47(3)4)65-20-14-13-19-62(65)63-42-39-60(44-66(63)67)68(58-35-27-53(28-36-58)51-15-9-7-10-16-51)59-37-29-54(30-38-59)52-17-11-8-12-18-52/h7-42,44,46-48,64H,43,45H2,1-6H3. The quantitative estimate of drug-likeness (QED) is 0.102. The van der Waals surface area contributed by atoms with Gasteiger partial charge in [-0.15, -0.1) is 0 Å². The predicted molar refractivity (Wildman–Crippen MR) is 291 cm³/mol. The molecule has 0 saturated heterocycles.